The molecule has 0 amide bonds. The summed E-state index contributed by atoms with van der Waals surface area (Å²) >= 11 is 0. The molecule has 0 bridgehead atoms. The number of nitrogens with zero attached hydrogens (tertiary/aromatic N) is 1. The zero-order valence-electron chi connectivity index (χ0n) is 12.6. The van der Waals surface area contributed by atoms with E-state index < -0.39 is 6.04 Å². The van der Waals surface area contributed by atoms with E-state index in [1.54, 1.807) is 0 Å². The fourth-order valence-corrected chi connectivity index (χ4v) is 0.536. The summed E-state index contributed by atoms with van der Waals surface area (Å²) in [6.45, 7) is 13.9. The maximum absolute atomic E-state index is 10.6. The predicted octanol–water partition coefficient (Wildman–Crippen LogP) is 1.64. The molecule has 17 heavy (non-hydrogen) atoms. The highest BCUT2D eigenvalue weighted by molar-refractivity contribution is 5.81. The molecule has 0 aliphatic carbocycles. The van der Waals surface area contributed by atoms with Gasteiger partial charge in [0.2, 0.25) is 0 Å². The van der Waals surface area contributed by atoms with Gasteiger partial charge in [-0.25, -0.2) is 0 Å². The summed E-state index contributed by atoms with van der Waals surface area (Å²) in [5.41, 5.74) is 15.5. The Hall–Kier alpha value is -1.10. The van der Waals surface area contributed by atoms with E-state index >= 15 is 0 Å². The number of rotatable bonds is 4. The van der Waals surface area contributed by atoms with Crippen molar-refractivity contribution < 1.29 is 4.79 Å². The summed E-state index contributed by atoms with van der Waals surface area (Å²) in [6, 6.07) is -0.446. The van der Waals surface area contributed by atoms with Crippen molar-refractivity contribution in [1.29, 1.82) is 0 Å². The number of carbonyl (C=O) groups is 1. The third-order valence-corrected chi connectivity index (χ3v) is 1.26. The Bertz CT molecular complexity index is 166. The molecule has 0 aromatic rings. The maximum atomic E-state index is 10.6. The minimum atomic E-state index is -0.446. The highest BCUT2D eigenvalue weighted by Gasteiger charge is 2.05. The summed E-state index contributed by atoms with van der Waals surface area (Å²) in [4.78, 5) is 14.3. The van der Waals surface area contributed by atoms with Gasteiger partial charge in [0, 0.05) is 6.54 Å². The summed E-state index contributed by atoms with van der Waals surface area (Å²) in [7, 11) is 0. The van der Waals surface area contributed by atoms with E-state index in [4.69, 9.17) is 17.2 Å². The lowest BCUT2D eigenvalue weighted by molar-refractivity contribution is -0.118. The highest BCUT2D eigenvalue weighted by Crippen LogP contribution is 1.89. The fourth-order valence-electron chi connectivity index (χ4n) is 0.536. The second-order valence-electron chi connectivity index (χ2n) is 2.31. The molecule has 0 aromatic heterocycles. The van der Waals surface area contributed by atoms with Gasteiger partial charge in [-0.1, -0.05) is 41.5 Å². The first-order chi connectivity index (χ1) is 8.04. The van der Waals surface area contributed by atoms with Crippen molar-refractivity contribution in [3.8, 4) is 0 Å². The number of Topliss-reactive ketones (excluding diaryl/α,β-unsaturated/α-hetero) is 1. The number of hydrogen-bond donors (Lipinski definition) is 3. The fraction of sp³-hybridized carbons (Fsp3) is 0.833. The third-order valence-electron chi connectivity index (χ3n) is 1.26. The van der Waals surface area contributed by atoms with Crippen molar-refractivity contribution in [2.75, 3.05) is 6.54 Å². The van der Waals surface area contributed by atoms with E-state index in [2.05, 4.69) is 4.99 Å². The van der Waals surface area contributed by atoms with Crippen LogP contribution in [0.1, 0.15) is 54.9 Å². The van der Waals surface area contributed by atoms with Crippen LogP contribution >= 0.6 is 0 Å². The van der Waals surface area contributed by atoms with Crippen molar-refractivity contribution >= 4 is 11.7 Å². The second-order valence-corrected chi connectivity index (χ2v) is 2.31. The minimum absolute atomic E-state index is 0.0285. The van der Waals surface area contributed by atoms with E-state index in [0.717, 1.165) is 0 Å². The van der Waals surface area contributed by atoms with Gasteiger partial charge < -0.3 is 17.2 Å². The second kappa shape index (κ2) is 24.2. The number of aliphatic imine (C=N–C) groups is 1. The standard InChI is InChI=1S/C6H14N4O.3C2H6/c1-4(11)5(7)2-3-10-6(8)9;3*1-2/h5H,2-3,7H2,1H3,(H4,8,9,10);3*1-2H3. The van der Waals surface area contributed by atoms with Crippen molar-refractivity contribution in [3.63, 3.8) is 0 Å². The normalized spacial score (nSPS) is 8.94. The van der Waals surface area contributed by atoms with Crippen LogP contribution in [0, 0.1) is 0 Å². The Morgan fingerprint density at radius 3 is 1.65 bits per heavy atom. The van der Waals surface area contributed by atoms with E-state index in [1.807, 2.05) is 41.5 Å². The van der Waals surface area contributed by atoms with Gasteiger partial charge in [-0.05, 0) is 13.3 Å². The first-order valence-electron chi connectivity index (χ1n) is 6.35. The van der Waals surface area contributed by atoms with Gasteiger partial charge in [-0.15, -0.1) is 0 Å². The van der Waals surface area contributed by atoms with Crippen molar-refractivity contribution in [2.45, 2.75) is 60.9 Å². The number of guanidine groups is 1. The Morgan fingerprint density at radius 2 is 1.41 bits per heavy atom. The van der Waals surface area contributed by atoms with Crippen LogP contribution in [-0.4, -0.2) is 24.3 Å². The smallest absolute Gasteiger partial charge is 0.185 e. The van der Waals surface area contributed by atoms with Crippen molar-refractivity contribution in [2.24, 2.45) is 22.2 Å². The molecule has 0 aromatic carbocycles. The minimum Gasteiger partial charge on any atom is -0.370 e. The average molecular weight is 248 g/mol. The molecular formula is C12H32N4O. The Kier molecular flexibility index (Phi) is 35.5. The lowest BCUT2D eigenvalue weighted by Gasteiger charge is -2.03. The summed E-state index contributed by atoms with van der Waals surface area (Å²) in [5.74, 6) is -0.0171. The largest absolute Gasteiger partial charge is 0.370 e. The molecule has 0 saturated carbocycles. The maximum Gasteiger partial charge on any atom is 0.185 e. The van der Waals surface area contributed by atoms with Crippen molar-refractivity contribution in [3.05, 3.63) is 0 Å². The van der Waals surface area contributed by atoms with Crippen LogP contribution in [0.25, 0.3) is 0 Å². The lowest BCUT2D eigenvalue weighted by atomic mass is 10.1. The van der Waals surface area contributed by atoms with Crippen LogP contribution in [0.4, 0.5) is 0 Å². The SMILES string of the molecule is CC.CC.CC.CC(=O)C(N)CCN=C(N)N. The summed E-state index contributed by atoms with van der Waals surface area (Å²) < 4.78 is 0. The van der Waals surface area contributed by atoms with Gasteiger partial charge in [-0.2, -0.15) is 0 Å². The molecule has 0 spiro atoms. The molecule has 0 radical (unpaired) electrons. The number of carbonyl (C=O) groups excluding carboxylic acids is 1. The van der Waals surface area contributed by atoms with E-state index in [0.29, 0.717) is 13.0 Å². The molecule has 1 atom stereocenters. The molecule has 0 aliphatic rings. The van der Waals surface area contributed by atoms with Crippen LogP contribution in [0.3, 0.4) is 0 Å². The summed E-state index contributed by atoms with van der Waals surface area (Å²) in [5, 5.41) is 0. The van der Waals surface area contributed by atoms with E-state index in [1.165, 1.54) is 6.92 Å². The van der Waals surface area contributed by atoms with Gasteiger partial charge in [0.25, 0.3) is 0 Å². The van der Waals surface area contributed by atoms with Crippen LogP contribution in [0.2, 0.25) is 0 Å². The van der Waals surface area contributed by atoms with Gasteiger partial charge in [0.15, 0.2) is 5.96 Å². The number of ketones is 1. The van der Waals surface area contributed by atoms with E-state index in [9.17, 15) is 4.79 Å². The zero-order valence-corrected chi connectivity index (χ0v) is 12.6. The molecule has 106 valence electrons. The van der Waals surface area contributed by atoms with Crippen LogP contribution < -0.4 is 17.2 Å². The van der Waals surface area contributed by atoms with E-state index in [-0.39, 0.29) is 11.7 Å². The molecule has 0 saturated heterocycles. The van der Waals surface area contributed by atoms with Crippen LogP contribution in [-0.2, 0) is 4.79 Å². The molecule has 6 N–H and O–H groups in total. The first kappa shape index (κ1) is 24.9. The van der Waals surface area contributed by atoms with Crippen LogP contribution in [0.15, 0.2) is 4.99 Å². The quantitative estimate of drug-likeness (QED) is 0.519. The number of nitrogens with two attached hydrogens (primary N) is 3. The average Bonchev–Trinajstić information content (AvgIpc) is 2.36. The monoisotopic (exact) mass is 248 g/mol. The van der Waals surface area contributed by atoms with Crippen molar-refractivity contribution in [1.82, 2.24) is 0 Å². The first-order valence-corrected chi connectivity index (χ1v) is 6.35. The Labute approximate surface area is 107 Å². The third kappa shape index (κ3) is 31.3. The van der Waals surface area contributed by atoms with Crippen LogP contribution in [0.5, 0.6) is 0 Å². The Morgan fingerprint density at radius 1 is 1.06 bits per heavy atom. The molecule has 0 heterocycles. The molecule has 0 rings (SSSR count). The predicted molar refractivity (Wildman–Crippen MR) is 78.0 cm³/mol. The highest BCUT2D eigenvalue weighted by atomic mass is 16.1. The summed E-state index contributed by atoms with van der Waals surface area (Å²) in [6.07, 6.45) is 0.493. The van der Waals surface area contributed by atoms with Gasteiger partial charge in [0.05, 0.1) is 6.04 Å². The topological polar surface area (TPSA) is 107 Å². The molecular weight excluding hydrogens is 216 g/mol. The molecule has 5 heteroatoms. The van der Waals surface area contributed by atoms with Gasteiger partial charge >= 0.3 is 0 Å². The molecule has 0 aliphatic heterocycles. The van der Waals surface area contributed by atoms with Gasteiger partial charge in [0.1, 0.15) is 5.78 Å². The van der Waals surface area contributed by atoms with Gasteiger partial charge in [-0.3, -0.25) is 9.79 Å². The molecule has 5 nitrogen and oxygen atoms in total. The zero-order chi connectivity index (χ0) is 14.9. The molecule has 0 fully saturated rings. The Balaban J connectivity index is -0.000000121. The molecule has 1 unspecified atom stereocenters. The number of hydrogen-bond acceptors (Lipinski definition) is 3. The lowest BCUT2D eigenvalue weighted by Crippen LogP contribution is -2.30.